The van der Waals surface area contributed by atoms with E-state index < -0.39 is 0 Å². The molecule has 2 aromatic rings. The van der Waals surface area contributed by atoms with Crippen molar-refractivity contribution in [3.63, 3.8) is 0 Å². The standard InChI is InChI=1S/C14H16FN3/c1-4-12-17-13(9(3)14(16)18-12)10-6-5-8(2)11(15)7-10/h5-7H,4H2,1-3H3,(H2,16,17,18). The van der Waals surface area contributed by atoms with Gasteiger partial charge in [0.1, 0.15) is 17.5 Å². The predicted octanol–water partition coefficient (Wildman–Crippen LogP) is 3.04. The van der Waals surface area contributed by atoms with Crippen LogP contribution in [0.15, 0.2) is 18.2 Å². The van der Waals surface area contributed by atoms with Crippen LogP contribution in [-0.4, -0.2) is 9.97 Å². The second-order valence-corrected chi connectivity index (χ2v) is 4.32. The van der Waals surface area contributed by atoms with Gasteiger partial charge in [0.05, 0.1) is 5.69 Å². The molecule has 1 aromatic carbocycles. The molecule has 3 nitrogen and oxygen atoms in total. The molecule has 0 amide bonds. The highest BCUT2D eigenvalue weighted by molar-refractivity contribution is 5.67. The summed E-state index contributed by atoms with van der Waals surface area (Å²) in [5.74, 6) is 0.897. The number of nitrogen functional groups attached to an aromatic ring is 1. The van der Waals surface area contributed by atoms with Gasteiger partial charge in [-0.25, -0.2) is 14.4 Å². The number of anilines is 1. The summed E-state index contributed by atoms with van der Waals surface area (Å²) in [4.78, 5) is 8.63. The van der Waals surface area contributed by atoms with Crippen LogP contribution in [0, 0.1) is 19.7 Å². The summed E-state index contributed by atoms with van der Waals surface area (Å²) in [6.45, 7) is 5.54. The summed E-state index contributed by atoms with van der Waals surface area (Å²) in [6.07, 6.45) is 0.700. The molecule has 0 bridgehead atoms. The van der Waals surface area contributed by atoms with Crippen LogP contribution in [0.4, 0.5) is 10.2 Å². The summed E-state index contributed by atoms with van der Waals surface area (Å²) in [5.41, 5.74) is 8.71. The Balaban J connectivity index is 2.62. The molecule has 94 valence electrons. The summed E-state index contributed by atoms with van der Waals surface area (Å²) < 4.78 is 13.6. The second kappa shape index (κ2) is 4.72. The van der Waals surface area contributed by atoms with E-state index in [1.54, 1.807) is 13.0 Å². The van der Waals surface area contributed by atoms with E-state index in [2.05, 4.69) is 9.97 Å². The fourth-order valence-corrected chi connectivity index (χ4v) is 1.76. The Hall–Kier alpha value is -1.97. The van der Waals surface area contributed by atoms with Gasteiger partial charge in [0, 0.05) is 17.5 Å². The van der Waals surface area contributed by atoms with Crippen molar-refractivity contribution in [3.05, 3.63) is 41.0 Å². The van der Waals surface area contributed by atoms with E-state index in [4.69, 9.17) is 5.73 Å². The Labute approximate surface area is 106 Å². The molecular formula is C14H16FN3. The number of aryl methyl sites for hydroxylation is 2. The van der Waals surface area contributed by atoms with Crippen molar-refractivity contribution in [1.82, 2.24) is 9.97 Å². The van der Waals surface area contributed by atoms with Crippen molar-refractivity contribution in [2.75, 3.05) is 5.73 Å². The monoisotopic (exact) mass is 245 g/mol. The molecule has 18 heavy (non-hydrogen) atoms. The maximum Gasteiger partial charge on any atom is 0.131 e. The zero-order chi connectivity index (χ0) is 13.3. The summed E-state index contributed by atoms with van der Waals surface area (Å²) in [5, 5.41) is 0. The Morgan fingerprint density at radius 1 is 1.22 bits per heavy atom. The van der Waals surface area contributed by atoms with Gasteiger partial charge in [-0.3, -0.25) is 0 Å². The molecule has 1 aromatic heterocycles. The van der Waals surface area contributed by atoms with Gasteiger partial charge in [0.2, 0.25) is 0 Å². The highest BCUT2D eigenvalue weighted by Gasteiger charge is 2.11. The SMILES string of the molecule is CCc1nc(N)c(C)c(-c2ccc(C)c(F)c2)n1. The van der Waals surface area contributed by atoms with Gasteiger partial charge >= 0.3 is 0 Å². The van der Waals surface area contributed by atoms with Gasteiger partial charge < -0.3 is 5.73 Å². The maximum atomic E-state index is 13.6. The third-order valence-corrected chi connectivity index (χ3v) is 2.99. The largest absolute Gasteiger partial charge is 0.383 e. The van der Waals surface area contributed by atoms with Crippen LogP contribution in [0.2, 0.25) is 0 Å². The van der Waals surface area contributed by atoms with E-state index in [-0.39, 0.29) is 5.82 Å². The molecule has 0 unspecified atom stereocenters. The molecule has 0 spiro atoms. The van der Waals surface area contributed by atoms with E-state index in [1.165, 1.54) is 6.07 Å². The average Bonchev–Trinajstić information content (AvgIpc) is 2.36. The molecule has 2 N–H and O–H groups in total. The first-order chi connectivity index (χ1) is 8.52. The zero-order valence-corrected chi connectivity index (χ0v) is 10.8. The van der Waals surface area contributed by atoms with E-state index in [0.717, 1.165) is 11.1 Å². The van der Waals surface area contributed by atoms with Gasteiger partial charge in [-0.2, -0.15) is 0 Å². The molecule has 0 aliphatic carbocycles. The fourth-order valence-electron chi connectivity index (χ4n) is 1.76. The van der Waals surface area contributed by atoms with E-state index in [9.17, 15) is 4.39 Å². The normalized spacial score (nSPS) is 10.7. The Morgan fingerprint density at radius 2 is 1.94 bits per heavy atom. The third kappa shape index (κ3) is 2.18. The minimum atomic E-state index is -0.234. The summed E-state index contributed by atoms with van der Waals surface area (Å²) in [6, 6.07) is 5.09. The lowest BCUT2D eigenvalue weighted by molar-refractivity contribution is 0.619. The molecule has 0 aliphatic heterocycles. The smallest absolute Gasteiger partial charge is 0.131 e. The van der Waals surface area contributed by atoms with E-state index in [1.807, 2.05) is 19.9 Å². The predicted molar refractivity (Wildman–Crippen MR) is 70.7 cm³/mol. The van der Waals surface area contributed by atoms with Gasteiger partial charge in [-0.15, -0.1) is 0 Å². The maximum absolute atomic E-state index is 13.6. The van der Waals surface area contributed by atoms with Crippen molar-refractivity contribution >= 4 is 5.82 Å². The average molecular weight is 245 g/mol. The van der Waals surface area contributed by atoms with Crippen LogP contribution in [0.1, 0.15) is 23.9 Å². The fraction of sp³-hybridized carbons (Fsp3) is 0.286. The lowest BCUT2D eigenvalue weighted by Gasteiger charge is -2.10. The first kappa shape index (κ1) is 12.5. The van der Waals surface area contributed by atoms with Crippen LogP contribution >= 0.6 is 0 Å². The highest BCUT2D eigenvalue weighted by atomic mass is 19.1. The lowest BCUT2D eigenvalue weighted by atomic mass is 10.0. The molecule has 2 rings (SSSR count). The van der Waals surface area contributed by atoms with Crippen LogP contribution in [0.25, 0.3) is 11.3 Å². The van der Waals surface area contributed by atoms with Crippen molar-refractivity contribution in [2.45, 2.75) is 27.2 Å². The number of benzene rings is 1. The second-order valence-electron chi connectivity index (χ2n) is 4.32. The summed E-state index contributed by atoms with van der Waals surface area (Å²) >= 11 is 0. The number of aromatic nitrogens is 2. The number of hydrogen-bond donors (Lipinski definition) is 1. The summed E-state index contributed by atoms with van der Waals surface area (Å²) in [7, 11) is 0. The first-order valence-corrected chi connectivity index (χ1v) is 5.92. The zero-order valence-electron chi connectivity index (χ0n) is 10.8. The van der Waals surface area contributed by atoms with Gasteiger partial charge in [-0.05, 0) is 25.5 Å². The third-order valence-electron chi connectivity index (χ3n) is 2.99. The lowest BCUT2D eigenvalue weighted by Crippen LogP contribution is -2.04. The van der Waals surface area contributed by atoms with E-state index in [0.29, 0.717) is 29.3 Å². The van der Waals surface area contributed by atoms with Crippen LogP contribution in [0.5, 0.6) is 0 Å². The Bertz CT molecular complexity index is 594. The molecule has 0 saturated carbocycles. The van der Waals surface area contributed by atoms with Crippen LogP contribution < -0.4 is 5.73 Å². The Morgan fingerprint density at radius 3 is 2.56 bits per heavy atom. The molecule has 0 atom stereocenters. The molecule has 4 heteroatoms. The molecule has 0 aliphatic rings. The molecule has 0 radical (unpaired) electrons. The van der Waals surface area contributed by atoms with Crippen molar-refractivity contribution < 1.29 is 4.39 Å². The first-order valence-electron chi connectivity index (χ1n) is 5.92. The van der Waals surface area contributed by atoms with Gasteiger partial charge in [0.15, 0.2) is 0 Å². The number of nitrogens with zero attached hydrogens (tertiary/aromatic N) is 2. The van der Waals surface area contributed by atoms with Gasteiger partial charge in [0.25, 0.3) is 0 Å². The molecular weight excluding hydrogens is 229 g/mol. The highest BCUT2D eigenvalue weighted by Crippen LogP contribution is 2.25. The molecule has 1 heterocycles. The van der Waals surface area contributed by atoms with Crippen LogP contribution in [-0.2, 0) is 6.42 Å². The number of hydrogen-bond acceptors (Lipinski definition) is 3. The van der Waals surface area contributed by atoms with Crippen molar-refractivity contribution in [3.8, 4) is 11.3 Å². The topological polar surface area (TPSA) is 51.8 Å². The number of rotatable bonds is 2. The van der Waals surface area contributed by atoms with E-state index >= 15 is 0 Å². The van der Waals surface area contributed by atoms with Crippen molar-refractivity contribution in [2.24, 2.45) is 0 Å². The number of nitrogens with two attached hydrogens (primary N) is 1. The van der Waals surface area contributed by atoms with Crippen LogP contribution in [0.3, 0.4) is 0 Å². The minimum absolute atomic E-state index is 0.234. The molecule has 0 fully saturated rings. The van der Waals surface area contributed by atoms with Crippen molar-refractivity contribution in [1.29, 1.82) is 0 Å². The Kier molecular flexibility index (Phi) is 3.28. The molecule has 0 saturated heterocycles. The minimum Gasteiger partial charge on any atom is -0.383 e. The number of halogens is 1. The quantitative estimate of drug-likeness (QED) is 0.884. The van der Waals surface area contributed by atoms with Gasteiger partial charge in [-0.1, -0.05) is 19.1 Å².